The van der Waals surface area contributed by atoms with Gasteiger partial charge in [-0.25, -0.2) is 4.79 Å². The molecule has 2 aromatic rings. The van der Waals surface area contributed by atoms with Crippen molar-refractivity contribution < 1.29 is 9.21 Å². The molecule has 2 rings (SSSR count). The summed E-state index contributed by atoms with van der Waals surface area (Å²) in [7, 11) is 1.74. The van der Waals surface area contributed by atoms with Gasteiger partial charge in [-0.2, -0.15) is 4.68 Å². The van der Waals surface area contributed by atoms with Gasteiger partial charge in [0.2, 0.25) is 11.8 Å². The van der Waals surface area contributed by atoms with Crippen LogP contribution < -0.4 is 11.1 Å². The summed E-state index contributed by atoms with van der Waals surface area (Å²) in [5, 5.41) is 6.95. The van der Waals surface area contributed by atoms with Crippen molar-refractivity contribution in [1.29, 1.82) is 0 Å². The van der Waals surface area contributed by atoms with Crippen LogP contribution >= 0.6 is 0 Å². The van der Waals surface area contributed by atoms with E-state index < -0.39 is 5.76 Å². The van der Waals surface area contributed by atoms with Gasteiger partial charge in [0.15, 0.2) is 0 Å². The molecule has 0 aliphatic carbocycles. The number of nitrogens with zero attached hydrogens (tertiary/aromatic N) is 3. The Kier molecular flexibility index (Phi) is 5.11. The lowest BCUT2D eigenvalue weighted by atomic mass is 10.2. The van der Waals surface area contributed by atoms with Gasteiger partial charge in [0.25, 0.3) is 0 Å². The molecule has 1 N–H and O–H groups in total. The molecule has 0 aliphatic rings. The van der Waals surface area contributed by atoms with E-state index in [1.54, 1.807) is 11.9 Å². The molecule has 1 amide bonds. The van der Waals surface area contributed by atoms with E-state index in [9.17, 15) is 9.59 Å². The highest BCUT2D eigenvalue weighted by Crippen LogP contribution is 2.13. The smallest absolute Gasteiger partial charge is 0.388 e. The van der Waals surface area contributed by atoms with Crippen molar-refractivity contribution >= 4 is 5.91 Å². The number of aromatic nitrogens is 2. The van der Waals surface area contributed by atoms with E-state index in [4.69, 9.17) is 4.42 Å². The SMILES string of the molecule is CC(C)NC(=O)CN(C)Cn1nc(-c2ccccc2)oc1=O. The summed E-state index contributed by atoms with van der Waals surface area (Å²) < 4.78 is 6.34. The number of rotatable bonds is 6. The molecule has 0 fully saturated rings. The molecule has 22 heavy (non-hydrogen) atoms. The van der Waals surface area contributed by atoms with E-state index in [0.29, 0.717) is 0 Å². The van der Waals surface area contributed by atoms with Crippen molar-refractivity contribution in [3.8, 4) is 11.5 Å². The number of carbonyl (C=O) groups excluding carboxylic acids is 1. The number of carbonyl (C=O) groups is 1. The Balaban J connectivity index is 2.03. The van der Waals surface area contributed by atoms with Crippen LogP contribution in [0.4, 0.5) is 0 Å². The second-order valence-electron chi connectivity index (χ2n) is 5.42. The van der Waals surface area contributed by atoms with Gasteiger partial charge in [0, 0.05) is 11.6 Å². The summed E-state index contributed by atoms with van der Waals surface area (Å²) in [6.45, 7) is 4.15. The fraction of sp³-hybridized carbons (Fsp3) is 0.400. The topological polar surface area (TPSA) is 80.4 Å². The molecule has 7 nitrogen and oxygen atoms in total. The molecular weight excluding hydrogens is 284 g/mol. The lowest BCUT2D eigenvalue weighted by molar-refractivity contribution is -0.122. The van der Waals surface area contributed by atoms with Crippen LogP contribution in [-0.2, 0) is 11.5 Å². The first-order valence-electron chi connectivity index (χ1n) is 7.07. The fourth-order valence-electron chi connectivity index (χ4n) is 1.98. The highest BCUT2D eigenvalue weighted by atomic mass is 16.4. The van der Waals surface area contributed by atoms with E-state index in [1.807, 2.05) is 44.2 Å². The molecule has 7 heteroatoms. The van der Waals surface area contributed by atoms with Crippen LogP contribution in [0.1, 0.15) is 13.8 Å². The first kappa shape index (κ1) is 16.0. The summed E-state index contributed by atoms with van der Waals surface area (Å²) in [4.78, 5) is 25.2. The number of hydrogen-bond donors (Lipinski definition) is 1. The van der Waals surface area contributed by atoms with E-state index in [-0.39, 0.29) is 31.1 Å². The molecule has 0 unspecified atom stereocenters. The summed E-state index contributed by atoms with van der Waals surface area (Å²) in [5.41, 5.74) is 0.735. The second-order valence-corrected chi connectivity index (χ2v) is 5.42. The fourth-order valence-corrected chi connectivity index (χ4v) is 1.98. The van der Waals surface area contributed by atoms with E-state index in [2.05, 4.69) is 10.4 Å². The van der Waals surface area contributed by atoms with Gasteiger partial charge < -0.3 is 9.73 Å². The van der Waals surface area contributed by atoms with Crippen LogP contribution in [0.25, 0.3) is 11.5 Å². The zero-order chi connectivity index (χ0) is 16.1. The number of likely N-dealkylation sites (N-methyl/N-ethyl adjacent to an activating group) is 1. The molecule has 118 valence electrons. The molecule has 0 atom stereocenters. The Morgan fingerprint density at radius 1 is 1.36 bits per heavy atom. The first-order valence-corrected chi connectivity index (χ1v) is 7.07. The van der Waals surface area contributed by atoms with Gasteiger partial charge in [0.1, 0.15) is 6.67 Å². The predicted molar refractivity (Wildman–Crippen MR) is 82.1 cm³/mol. The van der Waals surface area contributed by atoms with Gasteiger partial charge in [-0.3, -0.25) is 9.69 Å². The highest BCUT2D eigenvalue weighted by Gasteiger charge is 2.13. The van der Waals surface area contributed by atoms with Crippen LogP contribution in [0.5, 0.6) is 0 Å². The van der Waals surface area contributed by atoms with Crippen LogP contribution in [-0.4, -0.2) is 40.2 Å². The third-order valence-electron chi connectivity index (χ3n) is 2.87. The first-order chi connectivity index (χ1) is 10.5. The Labute approximate surface area is 128 Å². The molecule has 0 aliphatic heterocycles. The van der Waals surface area contributed by atoms with Crippen molar-refractivity contribution in [2.75, 3.05) is 13.6 Å². The molecule has 1 aromatic heterocycles. The molecule has 1 aromatic carbocycles. The third kappa shape index (κ3) is 4.29. The molecule has 1 heterocycles. The van der Waals surface area contributed by atoms with Crippen molar-refractivity contribution in [3.63, 3.8) is 0 Å². The highest BCUT2D eigenvalue weighted by molar-refractivity contribution is 5.78. The van der Waals surface area contributed by atoms with E-state index in [0.717, 1.165) is 5.56 Å². The van der Waals surface area contributed by atoms with Gasteiger partial charge in [-0.1, -0.05) is 18.2 Å². The van der Waals surface area contributed by atoms with Gasteiger partial charge in [-0.15, -0.1) is 5.10 Å². The van der Waals surface area contributed by atoms with Crippen molar-refractivity contribution in [1.82, 2.24) is 20.0 Å². The third-order valence-corrected chi connectivity index (χ3v) is 2.87. The lowest BCUT2D eigenvalue weighted by Crippen LogP contribution is -2.40. The summed E-state index contributed by atoms with van der Waals surface area (Å²) in [6, 6.07) is 9.28. The lowest BCUT2D eigenvalue weighted by Gasteiger charge is -2.16. The zero-order valence-electron chi connectivity index (χ0n) is 12.9. The summed E-state index contributed by atoms with van der Waals surface area (Å²) in [5.74, 6) is -0.377. The van der Waals surface area contributed by atoms with E-state index >= 15 is 0 Å². The van der Waals surface area contributed by atoms with Crippen LogP contribution in [0.3, 0.4) is 0 Å². The standard InChI is InChI=1S/C15H20N4O3/c1-11(2)16-13(20)9-18(3)10-19-15(21)22-14(17-19)12-7-5-4-6-8-12/h4-8,11H,9-10H2,1-3H3,(H,16,20). The van der Waals surface area contributed by atoms with Crippen molar-refractivity contribution in [2.45, 2.75) is 26.6 Å². The van der Waals surface area contributed by atoms with Crippen LogP contribution in [0.2, 0.25) is 0 Å². The normalized spacial score (nSPS) is 11.1. The quantitative estimate of drug-likeness (QED) is 0.858. The Morgan fingerprint density at radius 3 is 2.68 bits per heavy atom. The maximum absolute atomic E-state index is 11.8. The molecule has 0 bridgehead atoms. The number of hydrogen-bond acceptors (Lipinski definition) is 5. The van der Waals surface area contributed by atoms with Gasteiger partial charge in [-0.05, 0) is 33.0 Å². The molecule has 0 saturated carbocycles. The minimum absolute atomic E-state index is 0.0837. The maximum atomic E-state index is 11.8. The summed E-state index contributed by atoms with van der Waals surface area (Å²) in [6.07, 6.45) is 0. The molecule has 0 saturated heterocycles. The zero-order valence-corrected chi connectivity index (χ0v) is 12.9. The Morgan fingerprint density at radius 2 is 2.05 bits per heavy atom. The minimum atomic E-state index is -0.546. The van der Waals surface area contributed by atoms with Crippen LogP contribution in [0, 0.1) is 0 Å². The molecular formula is C15H20N4O3. The van der Waals surface area contributed by atoms with Crippen molar-refractivity contribution in [2.24, 2.45) is 0 Å². The minimum Gasteiger partial charge on any atom is -0.388 e. The number of amides is 1. The largest absolute Gasteiger partial charge is 0.438 e. The summed E-state index contributed by atoms with van der Waals surface area (Å²) >= 11 is 0. The number of nitrogens with one attached hydrogen (secondary N) is 1. The predicted octanol–water partition coefficient (Wildman–Crippen LogP) is 0.917. The Hall–Kier alpha value is -2.41. The van der Waals surface area contributed by atoms with Crippen molar-refractivity contribution in [3.05, 3.63) is 40.9 Å². The number of benzene rings is 1. The van der Waals surface area contributed by atoms with Gasteiger partial charge in [0.05, 0.1) is 6.54 Å². The molecule has 0 spiro atoms. The van der Waals surface area contributed by atoms with Gasteiger partial charge >= 0.3 is 5.76 Å². The molecule has 0 radical (unpaired) electrons. The van der Waals surface area contributed by atoms with E-state index in [1.165, 1.54) is 4.68 Å². The second kappa shape index (κ2) is 7.04. The average molecular weight is 304 g/mol. The average Bonchev–Trinajstić information content (AvgIpc) is 2.80. The maximum Gasteiger partial charge on any atom is 0.438 e. The monoisotopic (exact) mass is 304 g/mol. The Bertz CT molecular complexity index is 676. The van der Waals surface area contributed by atoms with Crippen LogP contribution in [0.15, 0.2) is 39.5 Å².